The molecule has 1 saturated carbocycles. The first-order chi connectivity index (χ1) is 9.64. The van der Waals surface area contributed by atoms with Crippen LogP contribution in [0.2, 0.25) is 0 Å². The smallest absolute Gasteiger partial charge is 0.309 e. The molecular formula is C16H30O4. The highest BCUT2D eigenvalue weighted by atomic mass is 16.5. The molecule has 0 unspecified atom stereocenters. The summed E-state index contributed by atoms with van der Waals surface area (Å²) in [6.45, 7) is 4.03. The number of carboxylic acid groups (broad SMARTS) is 1. The van der Waals surface area contributed by atoms with Crippen molar-refractivity contribution in [1.82, 2.24) is 0 Å². The van der Waals surface area contributed by atoms with Crippen molar-refractivity contribution in [3.05, 3.63) is 0 Å². The van der Waals surface area contributed by atoms with Crippen molar-refractivity contribution in [2.75, 3.05) is 26.9 Å². The molecule has 20 heavy (non-hydrogen) atoms. The van der Waals surface area contributed by atoms with E-state index in [1.165, 1.54) is 12.8 Å². The summed E-state index contributed by atoms with van der Waals surface area (Å²) in [5.41, 5.74) is -0.491. The molecule has 4 nitrogen and oxygen atoms in total. The van der Waals surface area contributed by atoms with E-state index in [1.807, 2.05) is 0 Å². The number of ether oxygens (including phenoxy) is 2. The van der Waals surface area contributed by atoms with Gasteiger partial charge >= 0.3 is 5.97 Å². The van der Waals surface area contributed by atoms with Gasteiger partial charge in [0, 0.05) is 13.7 Å². The summed E-state index contributed by atoms with van der Waals surface area (Å²) in [7, 11) is 1.65. The van der Waals surface area contributed by atoms with Crippen molar-refractivity contribution in [3.8, 4) is 0 Å². The second kappa shape index (κ2) is 9.35. The maximum absolute atomic E-state index is 11.6. The predicted molar refractivity (Wildman–Crippen MR) is 78.9 cm³/mol. The number of methoxy groups -OCH3 is 1. The largest absolute Gasteiger partial charge is 0.481 e. The van der Waals surface area contributed by atoms with Gasteiger partial charge in [0.15, 0.2) is 0 Å². The van der Waals surface area contributed by atoms with E-state index in [2.05, 4.69) is 6.92 Å². The average molecular weight is 286 g/mol. The molecule has 0 aliphatic heterocycles. The summed E-state index contributed by atoms with van der Waals surface area (Å²) in [5.74, 6) is 0.134. The van der Waals surface area contributed by atoms with Crippen molar-refractivity contribution in [1.29, 1.82) is 0 Å². The van der Waals surface area contributed by atoms with Crippen molar-refractivity contribution in [2.45, 2.75) is 58.3 Å². The topological polar surface area (TPSA) is 55.8 Å². The molecule has 0 radical (unpaired) electrons. The fourth-order valence-electron chi connectivity index (χ4n) is 3.25. The molecule has 1 fully saturated rings. The molecule has 0 amide bonds. The Morgan fingerprint density at radius 2 is 1.95 bits per heavy atom. The van der Waals surface area contributed by atoms with Crippen LogP contribution in [0.1, 0.15) is 58.3 Å². The zero-order valence-electron chi connectivity index (χ0n) is 13.0. The van der Waals surface area contributed by atoms with Gasteiger partial charge in [0.05, 0.1) is 18.6 Å². The number of rotatable bonds is 10. The molecule has 0 heterocycles. The molecule has 1 rings (SSSR count). The summed E-state index contributed by atoms with van der Waals surface area (Å²) in [4.78, 5) is 11.6. The lowest BCUT2D eigenvalue weighted by atomic mass is 9.67. The fourth-order valence-corrected chi connectivity index (χ4v) is 3.25. The summed E-state index contributed by atoms with van der Waals surface area (Å²) < 4.78 is 10.3. The van der Waals surface area contributed by atoms with Crippen LogP contribution < -0.4 is 0 Å². The summed E-state index contributed by atoms with van der Waals surface area (Å²) in [6, 6.07) is 0. The Morgan fingerprint density at radius 3 is 2.50 bits per heavy atom. The molecule has 0 saturated heterocycles. The third-order valence-electron chi connectivity index (χ3n) is 4.59. The zero-order chi connectivity index (χ0) is 14.8. The van der Waals surface area contributed by atoms with Crippen molar-refractivity contribution in [3.63, 3.8) is 0 Å². The monoisotopic (exact) mass is 286 g/mol. The quantitative estimate of drug-likeness (QED) is 0.625. The van der Waals surface area contributed by atoms with Crippen LogP contribution in [0.15, 0.2) is 0 Å². The molecule has 1 N–H and O–H groups in total. The normalized spacial score (nSPS) is 26.6. The van der Waals surface area contributed by atoms with Gasteiger partial charge in [0.1, 0.15) is 0 Å². The Bertz CT molecular complexity index is 270. The first kappa shape index (κ1) is 17.4. The van der Waals surface area contributed by atoms with E-state index in [4.69, 9.17) is 9.47 Å². The van der Waals surface area contributed by atoms with Gasteiger partial charge in [-0.3, -0.25) is 4.79 Å². The molecule has 118 valence electrons. The maximum atomic E-state index is 11.6. The van der Waals surface area contributed by atoms with E-state index in [1.54, 1.807) is 7.11 Å². The first-order valence-electron chi connectivity index (χ1n) is 7.94. The molecular weight excluding hydrogens is 256 g/mol. The molecule has 1 aliphatic rings. The first-order valence-corrected chi connectivity index (χ1v) is 7.94. The van der Waals surface area contributed by atoms with Gasteiger partial charge < -0.3 is 14.6 Å². The van der Waals surface area contributed by atoms with Gasteiger partial charge in [-0.1, -0.05) is 19.8 Å². The van der Waals surface area contributed by atoms with E-state index in [-0.39, 0.29) is 0 Å². The molecule has 0 atom stereocenters. The number of aliphatic carboxylic acids is 1. The fraction of sp³-hybridized carbons (Fsp3) is 0.938. The lowest BCUT2D eigenvalue weighted by molar-refractivity contribution is -0.152. The zero-order valence-corrected chi connectivity index (χ0v) is 13.0. The number of hydrogen-bond donors (Lipinski definition) is 1. The molecule has 0 aromatic rings. The second-order valence-corrected chi connectivity index (χ2v) is 6.03. The van der Waals surface area contributed by atoms with E-state index in [9.17, 15) is 9.90 Å². The van der Waals surface area contributed by atoms with Crippen molar-refractivity contribution < 1.29 is 19.4 Å². The van der Waals surface area contributed by atoms with E-state index < -0.39 is 11.4 Å². The highest BCUT2D eigenvalue weighted by Crippen LogP contribution is 2.43. The van der Waals surface area contributed by atoms with Crippen LogP contribution in [-0.4, -0.2) is 38.0 Å². The maximum Gasteiger partial charge on any atom is 0.309 e. The third-order valence-corrected chi connectivity index (χ3v) is 4.59. The lowest BCUT2D eigenvalue weighted by Crippen LogP contribution is -2.35. The summed E-state index contributed by atoms with van der Waals surface area (Å²) >= 11 is 0. The van der Waals surface area contributed by atoms with Gasteiger partial charge in [0.25, 0.3) is 0 Å². The summed E-state index contributed by atoms with van der Waals surface area (Å²) in [5, 5.41) is 9.58. The molecule has 0 aromatic carbocycles. The van der Waals surface area contributed by atoms with Gasteiger partial charge in [-0.2, -0.15) is 0 Å². The van der Waals surface area contributed by atoms with Crippen molar-refractivity contribution >= 4 is 5.97 Å². The van der Waals surface area contributed by atoms with Gasteiger partial charge in [0.2, 0.25) is 0 Å². The van der Waals surface area contributed by atoms with Crippen LogP contribution in [0.25, 0.3) is 0 Å². The van der Waals surface area contributed by atoms with Crippen LogP contribution in [0.5, 0.6) is 0 Å². The van der Waals surface area contributed by atoms with Gasteiger partial charge in [-0.25, -0.2) is 0 Å². The Labute approximate surface area is 122 Å². The highest BCUT2D eigenvalue weighted by molar-refractivity contribution is 5.74. The van der Waals surface area contributed by atoms with Crippen LogP contribution in [0, 0.1) is 11.3 Å². The predicted octanol–water partition coefficient (Wildman–Crippen LogP) is 3.49. The molecule has 0 aromatic heterocycles. The van der Waals surface area contributed by atoms with Gasteiger partial charge in [-0.05, 0) is 44.4 Å². The Kier molecular flexibility index (Phi) is 8.15. The number of hydrogen-bond acceptors (Lipinski definition) is 3. The second-order valence-electron chi connectivity index (χ2n) is 6.03. The van der Waals surface area contributed by atoms with E-state index in [0.717, 1.165) is 44.4 Å². The molecule has 1 aliphatic carbocycles. The highest BCUT2D eigenvalue weighted by Gasteiger charge is 2.40. The summed E-state index contributed by atoms with van der Waals surface area (Å²) in [6.07, 6.45) is 7.85. The van der Waals surface area contributed by atoms with E-state index >= 15 is 0 Å². The van der Waals surface area contributed by atoms with E-state index in [0.29, 0.717) is 19.8 Å². The SMILES string of the molecule is CCCC1CCC(CCCOCCOC)(C(=O)O)CC1. The number of carboxylic acids is 1. The minimum Gasteiger partial charge on any atom is -0.481 e. The van der Waals surface area contributed by atoms with Crippen LogP contribution in [0.3, 0.4) is 0 Å². The van der Waals surface area contributed by atoms with Crippen LogP contribution >= 0.6 is 0 Å². The van der Waals surface area contributed by atoms with Crippen LogP contribution in [-0.2, 0) is 14.3 Å². The Morgan fingerprint density at radius 1 is 1.25 bits per heavy atom. The lowest BCUT2D eigenvalue weighted by Gasteiger charge is -2.37. The van der Waals surface area contributed by atoms with Crippen molar-refractivity contribution in [2.24, 2.45) is 11.3 Å². The third kappa shape index (κ3) is 5.41. The number of carbonyl (C=O) groups is 1. The minimum absolute atomic E-state index is 0.491. The minimum atomic E-state index is -0.607. The standard InChI is InChI=1S/C16H30O4/c1-3-5-14-6-9-16(10-7-14,15(17)18)8-4-11-20-13-12-19-2/h14H,3-13H2,1-2H3,(H,17,18). The molecule has 0 spiro atoms. The Balaban J connectivity index is 2.31. The van der Waals surface area contributed by atoms with Gasteiger partial charge in [-0.15, -0.1) is 0 Å². The average Bonchev–Trinajstić information content (AvgIpc) is 2.45. The van der Waals surface area contributed by atoms with Crippen LogP contribution in [0.4, 0.5) is 0 Å². The molecule has 4 heteroatoms. The molecule has 0 bridgehead atoms. The Hall–Kier alpha value is -0.610.